The van der Waals surface area contributed by atoms with Gasteiger partial charge in [0.2, 0.25) is 5.75 Å². The SMILES string of the molecule is COCCOCOC[C@@H](NC(=O)C(F)(F)F)c1cc(OC)cc(Oc2cc([C@H](CO)NC(=O)OC(C)(C)C)ccc2[N+](=O)[O-])c1. The molecule has 2 rings (SSSR count). The van der Waals surface area contributed by atoms with Crippen LogP contribution >= 0.6 is 0 Å². The number of carbonyl (C=O) groups is 2. The van der Waals surface area contributed by atoms with Crippen molar-refractivity contribution in [2.45, 2.75) is 44.6 Å². The highest BCUT2D eigenvalue weighted by Gasteiger charge is 2.40. The van der Waals surface area contributed by atoms with Gasteiger partial charge in [-0.2, -0.15) is 13.2 Å². The van der Waals surface area contributed by atoms with Crippen LogP contribution in [0.25, 0.3) is 0 Å². The van der Waals surface area contributed by atoms with E-state index in [1.165, 1.54) is 44.6 Å². The van der Waals surface area contributed by atoms with Gasteiger partial charge in [-0.25, -0.2) is 4.79 Å². The second kappa shape index (κ2) is 16.8. The molecular weight excluding hydrogens is 611 g/mol. The van der Waals surface area contributed by atoms with Gasteiger partial charge < -0.3 is 44.2 Å². The monoisotopic (exact) mass is 647 g/mol. The van der Waals surface area contributed by atoms with Gasteiger partial charge >= 0.3 is 23.9 Å². The molecule has 2 aromatic carbocycles. The van der Waals surface area contributed by atoms with E-state index in [0.717, 1.165) is 6.07 Å². The zero-order valence-corrected chi connectivity index (χ0v) is 25.3. The molecule has 14 nitrogen and oxygen atoms in total. The van der Waals surface area contributed by atoms with E-state index in [1.54, 1.807) is 20.8 Å². The van der Waals surface area contributed by atoms with Crippen molar-refractivity contribution in [1.82, 2.24) is 10.6 Å². The second-order valence-electron chi connectivity index (χ2n) is 10.3. The average Bonchev–Trinajstić information content (AvgIpc) is 2.95. The van der Waals surface area contributed by atoms with Crippen LogP contribution in [0.1, 0.15) is 44.0 Å². The number of amides is 2. The van der Waals surface area contributed by atoms with Crippen molar-refractivity contribution in [3.8, 4) is 17.2 Å². The van der Waals surface area contributed by atoms with E-state index in [1.807, 2.05) is 5.32 Å². The number of rotatable bonds is 16. The Morgan fingerprint density at radius 2 is 1.64 bits per heavy atom. The number of alkyl carbamates (subject to hydrolysis) is 1. The van der Waals surface area contributed by atoms with Crippen molar-refractivity contribution < 1.29 is 61.2 Å². The van der Waals surface area contributed by atoms with Crippen molar-refractivity contribution >= 4 is 17.7 Å². The summed E-state index contributed by atoms with van der Waals surface area (Å²) in [5, 5.41) is 26.0. The molecule has 250 valence electrons. The molecule has 17 heteroatoms. The molecule has 3 N–H and O–H groups in total. The van der Waals surface area contributed by atoms with E-state index < -0.39 is 59.7 Å². The van der Waals surface area contributed by atoms with Crippen LogP contribution in [-0.2, 0) is 23.7 Å². The Balaban J connectivity index is 2.45. The van der Waals surface area contributed by atoms with Gasteiger partial charge in [0, 0.05) is 19.2 Å². The quantitative estimate of drug-likeness (QED) is 0.102. The fraction of sp³-hybridized carbons (Fsp3) is 0.500. The molecule has 45 heavy (non-hydrogen) atoms. The van der Waals surface area contributed by atoms with Crippen molar-refractivity contribution in [2.75, 3.05) is 47.4 Å². The van der Waals surface area contributed by atoms with Crippen molar-refractivity contribution in [1.29, 1.82) is 0 Å². The number of halogens is 3. The number of hydrogen-bond acceptors (Lipinski definition) is 11. The van der Waals surface area contributed by atoms with Crippen molar-refractivity contribution in [3.63, 3.8) is 0 Å². The van der Waals surface area contributed by atoms with Crippen LogP contribution in [0.4, 0.5) is 23.7 Å². The number of alkyl halides is 3. The molecule has 0 saturated heterocycles. The minimum atomic E-state index is -5.21. The Hall–Kier alpha value is -4.19. The van der Waals surface area contributed by atoms with E-state index in [2.05, 4.69) is 5.32 Å². The summed E-state index contributed by atoms with van der Waals surface area (Å²) in [6.45, 7) is 3.93. The Bertz CT molecular complexity index is 1300. The number of nitrogens with zero attached hydrogens (tertiary/aromatic N) is 1. The van der Waals surface area contributed by atoms with Gasteiger partial charge in [0.1, 0.15) is 23.9 Å². The lowest BCUT2D eigenvalue weighted by Crippen LogP contribution is -2.40. The summed E-state index contributed by atoms with van der Waals surface area (Å²) in [6, 6.07) is 5.02. The number of ether oxygens (including phenoxy) is 6. The number of benzene rings is 2. The molecule has 0 aromatic heterocycles. The number of nitro groups is 1. The third-order valence-electron chi connectivity index (χ3n) is 5.67. The van der Waals surface area contributed by atoms with Crippen LogP contribution in [0.5, 0.6) is 17.2 Å². The average molecular weight is 648 g/mol. The number of carbonyl (C=O) groups excluding carboxylic acids is 2. The first-order chi connectivity index (χ1) is 21.1. The first-order valence-corrected chi connectivity index (χ1v) is 13.4. The highest BCUT2D eigenvalue weighted by atomic mass is 19.4. The molecule has 2 amide bonds. The van der Waals surface area contributed by atoms with E-state index in [0.29, 0.717) is 0 Å². The fourth-order valence-corrected chi connectivity index (χ4v) is 3.65. The molecule has 2 atom stereocenters. The van der Waals surface area contributed by atoms with Gasteiger partial charge in [-0.1, -0.05) is 0 Å². The van der Waals surface area contributed by atoms with E-state index >= 15 is 0 Å². The summed E-state index contributed by atoms with van der Waals surface area (Å²) in [7, 11) is 2.72. The van der Waals surface area contributed by atoms with Gasteiger partial charge in [0.05, 0.1) is 50.5 Å². The van der Waals surface area contributed by atoms with Crippen LogP contribution in [0.2, 0.25) is 0 Å². The lowest BCUT2D eigenvalue weighted by Gasteiger charge is -2.23. The maximum Gasteiger partial charge on any atom is 0.471 e. The summed E-state index contributed by atoms with van der Waals surface area (Å²) >= 11 is 0. The van der Waals surface area contributed by atoms with Crippen molar-refractivity contribution in [3.05, 3.63) is 57.6 Å². The molecule has 2 aromatic rings. The summed E-state index contributed by atoms with van der Waals surface area (Å²) in [6.07, 6.45) is -6.05. The summed E-state index contributed by atoms with van der Waals surface area (Å²) < 4.78 is 70.9. The Morgan fingerprint density at radius 3 is 2.22 bits per heavy atom. The molecule has 0 unspecified atom stereocenters. The molecule has 0 aliphatic heterocycles. The highest BCUT2D eigenvalue weighted by molar-refractivity contribution is 5.82. The number of nitrogens with one attached hydrogen (secondary N) is 2. The Kier molecular flexibility index (Phi) is 13.8. The molecule has 0 saturated carbocycles. The molecule has 0 aliphatic carbocycles. The largest absolute Gasteiger partial charge is 0.497 e. The van der Waals surface area contributed by atoms with Gasteiger partial charge in [-0.05, 0) is 56.2 Å². The molecule has 0 spiro atoms. The number of nitro benzene ring substituents is 1. The number of methoxy groups -OCH3 is 2. The van der Waals surface area contributed by atoms with Crippen LogP contribution in [0.15, 0.2) is 36.4 Å². The van der Waals surface area contributed by atoms with Crippen LogP contribution in [0.3, 0.4) is 0 Å². The maximum absolute atomic E-state index is 13.1. The minimum absolute atomic E-state index is 0.0393. The number of aliphatic hydroxyl groups is 1. The molecular formula is C28H36F3N3O11. The van der Waals surface area contributed by atoms with Gasteiger partial charge in [0.15, 0.2) is 0 Å². The first-order valence-electron chi connectivity index (χ1n) is 13.4. The Labute approximate surface area is 256 Å². The van der Waals surface area contributed by atoms with E-state index in [-0.39, 0.29) is 48.4 Å². The molecule has 0 radical (unpaired) electrons. The lowest BCUT2D eigenvalue weighted by atomic mass is 10.1. The van der Waals surface area contributed by atoms with Gasteiger partial charge in [0.25, 0.3) is 0 Å². The minimum Gasteiger partial charge on any atom is -0.497 e. The summed E-state index contributed by atoms with van der Waals surface area (Å²) in [4.78, 5) is 35.2. The summed E-state index contributed by atoms with van der Waals surface area (Å²) in [5.41, 5.74) is -1.09. The third-order valence-corrected chi connectivity index (χ3v) is 5.67. The molecule has 0 aliphatic rings. The molecule has 0 bridgehead atoms. The zero-order valence-electron chi connectivity index (χ0n) is 25.3. The topological polar surface area (TPSA) is 177 Å². The lowest BCUT2D eigenvalue weighted by molar-refractivity contribution is -0.385. The van der Waals surface area contributed by atoms with E-state index in [9.17, 15) is 38.0 Å². The zero-order chi connectivity index (χ0) is 33.8. The predicted octanol–water partition coefficient (Wildman–Crippen LogP) is 4.31. The van der Waals surface area contributed by atoms with Gasteiger partial charge in [-0.15, -0.1) is 0 Å². The standard InChI is InChI=1S/C28H36F3N3O11/c1-27(2,3)45-26(37)33-21(14-35)17-6-7-23(34(38)39)24(12-17)44-20-11-18(10-19(13-20)41-5)22(32-25(36)28(29,30)31)15-43-16-42-9-8-40-4/h6-7,10-13,21-22,35H,8-9,14-16H2,1-5H3,(H,32,36)(H,33,37)/t21-,22+/m0/s1. The second-order valence-corrected chi connectivity index (χ2v) is 10.3. The summed E-state index contributed by atoms with van der Waals surface area (Å²) in [5.74, 6) is -2.62. The van der Waals surface area contributed by atoms with Crippen LogP contribution in [-0.4, -0.2) is 81.2 Å². The normalized spacial score (nSPS) is 13.0. The molecule has 0 fully saturated rings. The number of aliphatic hydroxyl groups excluding tert-OH is 1. The highest BCUT2D eigenvalue weighted by Crippen LogP contribution is 2.37. The smallest absolute Gasteiger partial charge is 0.471 e. The van der Waals surface area contributed by atoms with Crippen LogP contribution < -0.4 is 20.1 Å². The van der Waals surface area contributed by atoms with Gasteiger partial charge in [-0.3, -0.25) is 14.9 Å². The van der Waals surface area contributed by atoms with E-state index in [4.69, 9.17) is 28.4 Å². The van der Waals surface area contributed by atoms with Crippen LogP contribution in [0, 0.1) is 10.1 Å². The maximum atomic E-state index is 13.1. The first kappa shape index (κ1) is 37.0. The Morgan fingerprint density at radius 1 is 0.956 bits per heavy atom. The fourth-order valence-electron chi connectivity index (χ4n) is 3.65. The number of hydrogen-bond donors (Lipinski definition) is 3. The van der Waals surface area contributed by atoms with Crippen molar-refractivity contribution in [2.24, 2.45) is 0 Å². The predicted molar refractivity (Wildman–Crippen MR) is 151 cm³/mol. The third kappa shape index (κ3) is 12.4. The molecule has 0 heterocycles.